The first-order valence-electron chi connectivity index (χ1n) is 7.02. The van der Waals surface area contributed by atoms with Crippen LogP contribution in [0.2, 0.25) is 0 Å². The lowest BCUT2D eigenvalue weighted by molar-refractivity contribution is -0.388. The van der Waals surface area contributed by atoms with Crippen molar-refractivity contribution in [2.24, 2.45) is 12.5 Å². The number of imidazole rings is 1. The van der Waals surface area contributed by atoms with E-state index in [1.54, 1.807) is 18.5 Å². The van der Waals surface area contributed by atoms with Crippen LogP contribution in [0.5, 0.6) is 0 Å². The summed E-state index contributed by atoms with van der Waals surface area (Å²) < 4.78 is 1.58. The summed E-state index contributed by atoms with van der Waals surface area (Å²) in [6, 6.07) is 0. The molecule has 21 heavy (non-hydrogen) atoms. The van der Waals surface area contributed by atoms with Crippen LogP contribution in [-0.4, -0.2) is 32.1 Å². The van der Waals surface area contributed by atoms with Crippen molar-refractivity contribution in [2.45, 2.75) is 39.0 Å². The van der Waals surface area contributed by atoms with Crippen LogP contribution in [0, 0.1) is 22.5 Å². The van der Waals surface area contributed by atoms with Gasteiger partial charge in [-0.3, -0.25) is 9.36 Å². The van der Waals surface area contributed by atoms with Gasteiger partial charge < -0.3 is 20.5 Å². The molecule has 1 saturated carbocycles. The maximum atomic E-state index is 11.6. The van der Waals surface area contributed by atoms with Gasteiger partial charge in [-0.1, -0.05) is 19.3 Å². The SMILES string of the molecule is Cc1nc([N+](=O)[O-])c(NCC2(C(=O)O)CCCCC2)n1C. The van der Waals surface area contributed by atoms with Gasteiger partial charge in [-0.2, -0.15) is 0 Å². The summed E-state index contributed by atoms with van der Waals surface area (Å²) in [5.41, 5.74) is -0.843. The minimum Gasteiger partial charge on any atom is -0.481 e. The summed E-state index contributed by atoms with van der Waals surface area (Å²) in [7, 11) is 1.67. The van der Waals surface area contributed by atoms with E-state index >= 15 is 0 Å². The molecule has 2 rings (SSSR count). The zero-order chi connectivity index (χ0) is 15.6. The lowest BCUT2D eigenvalue weighted by Gasteiger charge is -2.33. The highest BCUT2D eigenvalue weighted by Gasteiger charge is 2.40. The molecule has 1 fully saturated rings. The minimum absolute atomic E-state index is 0.183. The lowest BCUT2D eigenvalue weighted by atomic mass is 9.74. The quantitative estimate of drug-likeness (QED) is 0.635. The number of aromatic nitrogens is 2. The van der Waals surface area contributed by atoms with Gasteiger partial charge in [0.2, 0.25) is 11.6 Å². The molecule has 0 radical (unpaired) electrons. The summed E-state index contributed by atoms with van der Waals surface area (Å²) in [6.07, 6.45) is 3.99. The summed E-state index contributed by atoms with van der Waals surface area (Å²) in [5, 5.41) is 23.5. The third-order valence-corrected chi connectivity index (χ3v) is 4.33. The standard InChI is InChI=1S/C13H20N4O4/c1-9-15-11(17(20)21)10(16(9)2)14-8-13(12(18)19)6-4-3-5-7-13/h14H,3-8H2,1-2H3,(H,18,19). The Morgan fingerprint density at radius 1 is 1.48 bits per heavy atom. The van der Waals surface area contributed by atoms with Crippen molar-refractivity contribution in [1.82, 2.24) is 9.55 Å². The summed E-state index contributed by atoms with van der Waals surface area (Å²) in [4.78, 5) is 26.0. The van der Waals surface area contributed by atoms with Gasteiger partial charge in [0.25, 0.3) is 0 Å². The molecule has 0 aliphatic heterocycles. The second-order valence-corrected chi connectivity index (χ2v) is 5.65. The molecule has 0 atom stereocenters. The third kappa shape index (κ3) is 2.84. The molecule has 1 aliphatic carbocycles. The number of nitrogens with one attached hydrogen (secondary N) is 1. The number of aryl methyl sites for hydroxylation is 1. The molecule has 0 saturated heterocycles. The highest BCUT2D eigenvalue weighted by Crippen LogP contribution is 2.37. The van der Waals surface area contributed by atoms with Crippen LogP contribution in [-0.2, 0) is 11.8 Å². The zero-order valence-corrected chi connectivity index (χ0v) is 12.3. The predicted molar refractivity (Wildman–Crippen MR) is 76.2 cm³/mol. The van der Waals surface area contributed by atoms with Crippen LogP contribution in [0.25, 0.3) is 0 Å². The van der Waals surface area contributed by atoms with Crippen molar-refractivity contribution < 1.29 is 14.8 Å². The maximum absolute atomic E-state index is 11.6. The summed E-state index contributed by atoms with van der Waals surface area (Å²) in [5.74, 6) is -0.316. The molecule has 0 spiro atoms. The molecule has 2 N–H and O–H groups in total. The van der Waals surface area contributed by atoms with Crippen LogP contribution >= 0.6 is 0 Å². The van der Waals surface area contributed by atoms with Crippen molar-refractivity contribution in [1.29, 1.82) is 0 Å². The Hall–Kier alpha value is -2.12. The fourth-order valence-corrected chi connectivity index (χ4v) is 2.87. The van der Waals surface area contributed by atoms with Crippen molar-refractivity contribution in [3.8, 4) is 0 Å². The normalized spacial score (nSPS) is 17.4. The Kier molecular flexibility index (Phi) is 4.15. The molecule has 0 bridgehead atoms. The van der Waals surface area contributed by atoms with E-state index in [0.29, 0.717) is 18.7 Å². The van der Waals surface area contributed by atoms with Gasteiger partial charge in [0.1, 0.15) is 0 Å². The van der Waals surface area contributed by atoms with Crippen molar-refractivity contribution >= 4 is 17.6 Å². The van der Waals surface area contributed by atoms with E-state index in [-0.39, 0.29) is 18.2 Å². The van der Waals surface area contributed by atoms with Crippen LogP contribution < -0.4 is 5.32 Å². The molecule has 8 heteroatoms. The average molecular weight is 296 g/mol. The monoisotopic (exact) mass is 296 g/mol. The van der Waals surface area contributed by atoms with Crippen molar-refractivity contribution in [2.75, 3.05) is 11.9 Å². The number of nitro groups is 1. The van der Waals surface area contributed by atoms with E-state index < -0.39 is 16.3 Å². The average Bonchev–Trinajstić information content (AvgIpc) is 2.74. The first-order chi connectivity index (χ1) is 9.87. The van der Waals surface area contributed by atoms with E-state index in [2.05, 4.69) is 10.3 Å². The van der Waals surface area contributed by atoms with Crippen LogP contribution in [0.4, 0.5) is 11.6 Å². The molecular formula is C13H20N4O4. The van der Waals surface area contributed by atoms with Gasteiger partial charge in [0.05, 0.1) is 5.41 Å². The third-order valence-electron chi connectivity index (χ3n) is 4.33. The number of carbonyl (C=O) groups is 1. The molecule has 1 aliphatic rings. The Morgan fingerprint density at radius 2 is 2.10 bits per heavy atom. The van der Waals surface area contributed by atoms with Gasteiger partial charge in [-0.05, 0) is 22.7 Å². The first-order valence-corrected chi connectivity index (χ1v) is 7.02. The van der Waals surface area contributed by atoms with Crippen LogP contribution in [0.15, 0.2) is 0 Å². The fraction of sp³-hybridized carbons (Fsp3) is 0.692. The Morgan fingerprint density at radius 3 is 2.62 bits per heavy atom. The van der Waals surface area contributed by atoms with Crippen LogP contribution in [0.1, 0.15) is 37.9 Å². The number of hydrogen-bond acceptors (Lipinski definition) is 5. The Bertz CT molecular complexity index is 561. The number of rotatable bonds is 5. The first kappa shape index (κ1) is 15.3. The van der Waals surface area contributed by atoms with Gasteiger partial charge in [-0.15, -0.1) is 0 Å². The topological polar surface area (TPSA) is 110 Å². The largest absolute Gasteiger partial charge is 0.481 e. The number of aliphatic carboxylic acids is 1. The molecule has 1 aromatic heterocycles. The second kappa shape index (κ2) is 5.71. The van der Waals surface area contributed by atoms with E-state index in [0.717, 1.165) is 19.3 Å². The second-order valence-electron chi connectivity index (χ2n) is 5.65. The molecule has 0 unspecified atom stereocenters. The van der Waals surface area contributed by atoms with E-state index in [1.807, 2.05) is 0 Å². The minimum atomic E-state index is -0.843. The molecule has 8 nitrogen and oxygen atoms in total. The molecule has 116 valence electrons. The van der Waals surface area contributed by atoms with Gasteiger partial charge in [0, 0.05) is 20.5 Å². The molecular weight excluding hydrogens is 276 g/mol. The van der Waals surface area contributed by atoms with Crippen molar-refractivity contribution in [3.05, 3.63) is 15.9 Å². The molecule has 1 aromatic rings. The van der Waals surface area contributed by atoms with Gasteiger partial charge in [-0.25, -0.2) is 0 Å². The maximum Gasteiger partial charge on any atom is 0.406 e. The van der Waals surface area contributed by atoms with E-state index in [9.17, 15) is 20.0 Å². The summed E-state index contributed by atoms with van der Waals surface area (Å²) >= 11 is 0. The smallest absolute Gasteiger partial charge is 0.406 e. The summed E-state index contributed by atoms with van der Waals surface area (Å²) in [6.45, 7) is 1.86. The number of anilines is 1. The highest BCUT2D eigenvalue weighted by molar-refractivity contribution is 5.75. The highest BCUT2D eigenvalue weighted by atomic mass is 16.6. The number of carboxylic acid groups (broad SMARTS) is 1. The van der Waals surface area contributed by atoms with E-state index in [1.165, 1.54) is 0 Å². The molecule has 0 amide bonds. The van der Waals surface area contributed by atoms with Crippen molar-refractivity contribution in [3.63, 3.8) is 0 Å². The number of hydrogen-bond donors (Lipinski definition) is 2. The van der Waals surface area contributed by atoms with Crippen LogP contribution in [0.3, 0.4) is 0 Å². The predicted octanol–water partition coefficient (Wildman–Crippen LogP) is 2.08. The number of carboxylic acids is 1. The molecule has 1 heterocycles. The Labute approximate surface area is 122 Å². The number of nitrogens with zero attached hydrogens (tertiary/aromatic N) is 3. The van der Waals surface area contributed by atoms with E-state index in [4.69, 9.17) is 0 Å². The zero-order valence-electron chi connectivity index (χ0n) is 12.3. The molecule has 0 aromatic carbocycles. The van der Waals surface area contributed by atoms with Gasteiger partial charge in [0.15, 0.2) is 0 Å². The van der Waals surface area contributed by atoms with Gasteiger partial charge >= 0.3 is 11.8 Å². The lowest BCUT2D eigenvalue weighted by Crippen LogP contribution is -2.40. The Balaban J connectivity index is 2.22. The fourth-order valence-electron chi connectivity index (χ4n) is 2.87.